The summed E-state index contributed by atoms with van der Waals surface area (Å²) >= 11 is 13.9. The first kappa shape index (κ1) is 23.7. The Kier molecular flexibility index (Phi) is 5.95. The van der Waals surface area contributed by atoms with Gasteiger partial charge in [-0.3, -0.25) is 4.79 Å². The first-order valence-corrected chi connectivity index (χ1v) is 12.9. The summed E-state index contributed by atoms with van der Waals surface area (Å²) in [5, 5.41) is 9.23. The van der Waals surface area contributed by atoms with Crippen LogP contribution in [-0.4, -0.2) is 25.2 Å². The molecule has 6 nitrogen and oxygen atoms in total. The van der Waals surface area contributed by atoms with Crippen LogP contribution in [0.1, 0.15) is 20.9 Å². The molecule has 1 amide bonds. The Hall–Kier alpha value is -3.72. The minimum atomic E-state index is -0.375. The molecule has 37 heavy (non-hydrogen) atoms. The Balaban J connectivity index is 1.43. The van der Waals surface area contributed by atoms with Crippen LogP contribution in [0.15, 0.2) is 72.8 Å². The number of amides is 1. The molecule has 3 heterocycles. The molecule has 1 N–H and O–H groups in total. The Morgan fingerprint density at radius 3 is 2.68 bits per heavy atom. The average Bonchev–Trinajstić information content (AvgIpc) is 3.53. The molecule has 3 aromatic heterocycles. The van der Waals surface area contributed by atoms with E-state index >= 15 is 0 Å². The smallest absolute Gasteiger partial charge is 0.268 e. The maximum Gasteiger partial charge on any atom is 0.268 e. The number of nitrogens with one attached hydrogen (secondary N) is 1. The molecule has 0 unspecified atom stereocenters. The van der Waals surface area contributed by atoms with Crippen LogP contribution in [-0.2, 0) is 6.54 Å². The normalized spacial score (nSPS) is 11.5. The van der Waals surface area contributed by atoms with Gasteiger partial charge >= 0.3 is 0 Å². The number of aromatic nitrogens is 4. The summed E-state index contributed by atoms with van der Waals surface area (Å²) in [6.07, 6.45) is 0. The first-order valence-electron chi connectivity index (χ1n) is 11.3. The summed E-state index contributed by atoms with van der Waals surface area (Å²) in [6, 6.07) is 21.3. The number of imidazole rings is 1. The highest BCUT2D eigenvalue weighted by Gasteiger charge is 2.22. The number of hydrogen-bond donors (Lipinski definition) is 1. The average molecular weight is 550 g/mol. The highest BCUT2D eigenvalue weighted by molar-refractivity contribution is 7.21. The van der Waals surface area contributed by atoms with Crippen LogP contribution >= 0.6 is 34.5 Å². The second-order valence-corrected chi connectivity index (χ2v) is 10.4. The Morgan fingerprint density at radius 1 is 1.05 bits per heavy atom. The van der Waals surface area contributed by atoms with Crippen LogP contribution in [0.3, 0.4) is 0 Å². The predicted octanol–water partition coefficient (Wildman–Crippen LogP) is 7.49. The predicted molar refractivity (Wildman–Crippen MR) is 147 cm³/mol. The maximum absolute atomic E-state index is 14.6. The number of hydrogen-bond acceptors (Lipinski definition) is 4. The summed E-state index contributed by atoms with van der Waals surface area (Å²) in [7, 11) is 0. The van der Waals surface area contributed by atoms with Crippen LogP contribution in [0, 0.1) is 12.7 Å². The standard InChI is InChI=1S/C27H18Cl2FN5OS/c1-15-12-23(32-26(36)25-24(29)18-11-10-17(28)13-22(18)37-25)35(33-15)27-31-20-8-4-5-9-21(20)34(27)14-16-6-2-3-7-19(16)30/h2-13H,14H2,1H3,(H,32,36). The van der Waals surface area contributed by atoms with E-state index in [1.165, 1.54) is 17.4 Å². The molecule has 0 bridgehead atoms. The van der Waals surface area contributed by atoms with Crippen molar-refractivity contribution in [3.05, 3.63) is 105 Å². The molecular weight excluding hydrogens is 532 g/mol. The van der Waals surface area contributed by atoms with E-state index in [1.807, 2.05) is 35.8 Å². The summed E-state index contributed by atoms with van der Waals surface area (Å²) < 4.78 is 18.8. The SMILES string of the molecule is Cc1cc(NC(=O)c2sc3cc(Cl)ccc3c2Cl)n(-c2nc3ccccc3n2Cc2ccccc2F)n1. The quantitative estimate of drug-likeness (QED) is 0.242. The van der Waals surface area contributed by atoms with Crippen molar-refractivity contribution in [3.8, 4) is 5.95 Å². The molecule has 0 aliphatic heterocycles. The Morgan fingerprint density at radius 2 is 1.84 bits per heavy atom. The van der Waals surface area contributed by atoms with E-state index in [0.29, 0.717) is 37.9 Å². The van der Waals surface area contributed by atoms with Crippen molar-refractivity contribution in [2.45, 2.75) is 13.5 Å². The van der Waals surface area contributed by atoms with Crippen molar-refractivity contribution in [2.75, 3.05) is 5.32 Å². The number of benzene rings is 3. The fraction of sp³-hybridized carbons (Fsp3) is 0.0741. The van der Waals surface area contributed by atoms with Gasteiger partial charge in [-0.1, -0.05) is 59.6 Å². The Labute approximate surface area is 224 Å². The number of aryl methyl sites for hydroxylation is 1. The van der Waals surface area contributed by atoms with Gasteiger partial charge in [-0.05, 0) is 37.3 Å². The summed E-state index contributed by atoms with van der Waals surface area (Å²) in [6.45, 7) is 2.06. The fourth-order valence-electron chi connectivity index (χ4n) is 4.28. The number of nitrogens with zero attached hydrogens (tertiary/aromatic N) is 4. The molecule has 3 aromatic carbocycles. The van der Waals surface area contributed by atoms with Crippen molar-refractivity contribution in [2.24, 2.45) is 0 Å². The van der Waals surface area contributed by atoms with Crippen molar-refractivity contribution < 1.29 is 9.18 Å². The topological polar surface area (TPSA) is 64.7 Å². The molecule has 6 aromatic rings. The third-order valence-corrected chi connectivity index (χ3v) is 7.87. The van der Waals surface area contributed by atoms with Crippen molar-refractivity contribution in [1.29, 1.82) is 0 Å². The number of anilines is 1. The monoisotopic (exact) mass is 549 g/mol. The summed E-state index contributed by atoms with van der Waals surface area (Å²) in [5.41, 5.74) is 2.73. The van der Waals surface area contributed by atoms with Gasteiger partial charge < -0.3 is 9.88 Å². The van der Waals surface area contributed by atoms with Crippen LogP contribution < -0.4 is 5.32 Å². The zero-order valence-electron chi connectivity index (χ0n) is 19.4. The maximum atomic E-state index is 14.6. The number of thiophene rings is 1. The van der Waals surface area contributed by atoms with Gasteiger partial charge in [0.1, 0.15) is 16.5 Å². The summed E-state index contributed by atoms with van der Waals surface area (Å²) in [5.74, 6) is 0.178. The van der Waals surface area contributed by atoms with E-state index in [-0.39, 0.29) is 18.3 Å². The number of rotatable bonds is 5. The lowest BCUT2D eigenvalue weighted by atomic mass is 10.2. The van der Waals surface area contributed by atoms with Gasteiger partial charge in [-0.2, -0.15) is 9.78 Å². The van der Waals surface area contributed by atoms with Gasteiger partial charge in [0.25, 0.3) is 5.91 Å². The van der Waals surface area contributed by atoms with Gasteiger partial charge in [0.2, 0.25) is 5.95 Å². The van der Waals surface area contributed by atoms with Gasteiger partial charge in [0, 0.05) is 26.7 Å². The largest absolute Gasteiger partial charge is 0.306 e. The molecule has 0 aliphatic carbocycles. The highest BCUT2D eigenvalue weighted by atomic mass is 35.5. The van der Waals surface area contributed by atoms with Gasteiger partial charge in [0.15, 0.2) is 0 Å². The molecule has 0 radical (unpaired) electrons. The minimum Gasteiger partial charge on any atom is -0.306 e. The second-order valence-electron chi connectivity index (χ2n) is 8.50. The fourth-order valence-corrected chi connectivity index (χ4v) is 5.96. The molecular formula is C27H18Cl2FN5OS. The highest BCUT2D eigenvalue weighted by Crippen LogP contribution is 2.37. The third kappa shape index (κ3) is 4.27. The molecule has 0 atom stereocenters. The molecule has 0 saturated carbocycles. The molecule has 0 fully saturated rings. The number of halogens is 3. The van der Waals surface area contributed by atoms with Crippen LogP contribution in [0.2, 0.25) is 10.0 Å². The van der Waals surface area contributed by atoms with Crippen LogP contribution in [0.5, 0.6) is 0 Å². The number of para-hydroxylation sites is 2. The second kappa shape index (κ2) is 9.30. The van der Waals surface area contributed by atoms with E-state index in [0.717, 1.165) is 21.1 Å². The van der Waals surface area contributed by atoms with E-state index in [2.05, 4.69) is 10.4 Å². The van der Waals surface area contributed by atoms with Gasteiger partial charge in [0.05, 0.1) is 28.3 Å². The molecule has 0 spiro atoms. The molecule has 0 saturated heterocycles. The van der Waals surface area contributed by atoms with Gasteiger partial charge in [-0.15, -0.1) is 11.3 Å². The lowest BCUT2D eigenvalue weighted by Gasteiger charge is -2.12. The van der Waals surface area contributed by atoms with Crippen LogP contribution in [0.25, 0.3) is 27.1 Å². The minimum absolute atomic E-state index is 0.234. The van der Waals surface area contributed by atoms with Crippen molar-refractivity contribution in [3.63, 3.8) is 0 Å². The third-order valence-electron chi connectivity index (χ3n) is 5.98. The molecule has 10 heteroatoms. The van der Waals surface area contributed by atoms with E-state index in [9.17, 15) is 9.18 Å². The molecule has 184 valence electrons. The lowest BCUT2D eigenvalue weighted by Crippen LogP contribution is -2.17. The van der Waals surface area contributed by atoms with Gasteiger partial charge in [-0.25, -0.2) is 9.37 Å². The number of fused-ring (bicyclic) bond motifs is 2. The number of carbonyl (C=O) groups excluding carboxylic acids is 1. The van der Waals surface area contributed by atoms with E-state index in [4.69, 9.17) is 28.2 Å². The van der Waals surface area contributed by atoms with Crippen molar-refractivity contribution in [1.82, 2.24) is 19.3 Å². The zero-order valence-corrected chi connectivity index (χ0v) is 21.7. The van der Waals surface area contributed by atoms with Crippen LogP contribution in [0.4, 0.5) is 10.2 Å². The number of carbonyl (C=O) groups is 1. The summed E-state index contributed by atoms with van der Waals surface area (Å²) in [4.78, 5) is 18.5. The van der Waals surface area contributed by atoms with E-state index < -0.39 is 0 Å². The lowest BCUT2D eigenvalue weighted by molar-refractivity contribution is 0.103. The van der Waals surface area contributed by atoms with E-state index in [1.54, 1.807) is 47.1 Å². The van der Waals surface area contributed by atoms with Crippen molar-refractivity contribution >= 4 is 67.4 Å². The first-order chi connectivity index (χ1) is 17.9. The molecule has 0 aliphatic rings. The zero-order chi connectivity index (χ0) is 25.7. The Bertz CT molecular complexity index is 1820. The molecule has 6 rings (SSSR count).